The fourth-order valence-electron chi connectivity index (χ4n) is 4.42. The Morgan fingerprint density at radius 2 is 1.52 bits per heavy atom. The standard InChI is InChI=1S/C25H29NO3/c1-18(16-17-26-24(27)21-13-7-8-14-22(21)25(26)28)29-23-15-9-11-19-10-5-3-2-4-6-12-20(19)23/h7-9,11,13-15,18H,2-6,10,12,16-17H2,1H3/t18-/m0/s1. The number of fused-ring (bicyclic) bond motifs is 2. The topological polar surface area (TPSA) is 46.6 Å². The molecule has 152 valence electrons. The number of carbonyl (C=O) groups is 2. The molecule has 2 amide bonds. The number of amides is 2. The summed E-state index contributed by atoms with van der Waals surface area (Å²) in [6.07, 6.45) is 9.09. The van der Waals surface area contributed by atoms with Gasteiger partial charge in [-0.25, -0.2) is 0 Å². The number of nitrogens with zero attached hydrogens (tertiary/aromatic N) is 1. The van der Waals surface area contributed by atoms with E-state index >= 15 is 0 Å². The molecule has 0 saturated heterocycles. The van der Waals surface area contributed by atoms with Crippen molar-refractivity contribution in [1.82, 2.24) is 4.90 Å². The van der Waals surface area contributed by atoms with E-state index in [0.29, 0.717) is 24.1 Å². The first-order valence-electron chi connectivity index (χ1n) is 10.9. The summed E-state index contributed by atoms with van der Waals surface area (Å²) in [4.78, 5) is 26.4. The Bertz CT molecular complexity index is 870. The van der Waals surface area contributed by atoms with Crippen LogP contribution in [0.1, 0.15) is 77.3 Å². The summed E-state index contributed by atoms with van der Waals surface area (Å²) in [6.45, 7) is 2.40. The summed E-state index contributed by atoms with van der Waals surface area (Å²) < 4.78 is 6.31. The maximum atomic E-state index is 12.5. The van der Waals surface area contributed by atoms with Crippen LogP contribution in [0.2, 0.25) is 0 Å². The highest BCUT2D eigenvalue weighted by molar-refractivity contribution is 6.21. The highest BCUT2D eigenvalue weighted by atomic mass is 16.5. The van der Waals surface area contributed by atoms with E-state index in [1.165, 1.54) is 48.1 Å². The van der Waals surface area contributed by atoms with Crippen molar-refractivity contribution in [2.75, 3.05) is 6.54 Å². The van der Waals surface area contributed by atoms with E-state index in [4.69, 9.17) is 4.74 Å². The zero-order valence-electron chi connectivity index (χ0n) is 17.2. The summed E-state index contributed by atoms with van der Waals surface area (Å²) in [5, 5.41) is 0. The molecule has 0 N–H and O–H groups in total. The van der Waals surface area contributed by atoms with Gasteiger partial charge in [-0.2, -0.15) is 0 Å². The van der Waals surface area contributed by atoms with Gasteiger partial charge in [0.25, 0.3) is 11.8 Å². The minimum absolute atomic E-state index is 0.0709. The summed E-state index contributed by atoms with van der Waals surface area (Å²) in [5.74, 6) is 0.581. The van der Waals surface area contributed by atoms with Crippen molar-refractivity contribution >= 4 is 11.8 Å². The van der Waals surface area contributed by atoms with Crippen molar-refractivity contribution < 1.29 is 14.3 Å². The third-order valence-corrected chi connectivity index (χ3v) is 6.07. The number of benzene rings is 2. The average Bonchev–Trinajstić information content (AvgIpc) is 3.04. The summed E-state index contributed by atoms with van der Waals surface area (Å²) in [5.41, 5.74) is 3.78. The van der Waals surface area contributed by atoms with Crippen LogP contribution < -0.4 is 4.74 Å². The summed E-state index contributed by atoms with van der Waals surface area (Å²) in [6, 6.07) is 13.4. The molecule has 4 heteroatoms. The summed E-state index contributed by atoms with van der Waals surface area (Å²) >= 11 is 0. The Balaban J connectivity index is 1.41. The van der Waals surface area contributed by atoms with Crippen LogP contribution in [-0.2, 0) is 12.8 Å². The average molecular weight is 392 g/mol. The van der Waals surface area contributed by atoms with Gasteiger partial charge in [-0.15, -0.1) is 0 Å². The number of ether oxygens (including phenoxy) is 1. The first kappa shape index (κ1) is 19.7. The van der Waals surface area contributed by atoms with Gasteiger partial charge >= 0.3 is 0 Å². The van der Waals surface area contributed by atoms with E-state index in [1.54, 1.807) is 24.3 Å². The van der Waals surface area contributed by atoms with Gasteiger partial charge in [0.2, 0.25) is 0 Å². The maximum absolute atomic E-state index is 12.5. The lowest BCUT2D eigenvalue weighted by Gasteiger charge is -2.21. The first-order valence-corrected chi connectivity index (χ1v) is 10.9. The monoisotopic (exact) mass is 391 g/mol. The fraction of sp³-hybridized carbons (Fsp3) is 0.440. The summed E-state index contributed by atoms with van der Waals surface area (Å²) in [7, 11) is 0. The van der Waals surface area contributed by atoms with Crippen LogP contribution in [0.15, 0.2) is 42.5 Å². The zero-order valence-corrected chi connectivity index (χ0v) is 17.2. The normalized spacial score (nSPS) is 17.8. The van der Waals surface area contributed by atoms with Gasteiger partial charge in [0.1, 0.15) is 5.75 Å². The molecule has 0 radical (unpaired) electrons. The number of carbonyl (C=O) groups excluding carboxylic acids is 2. The number of rotatable bonds is 5. The molecule has 2 aliphatic rings. The largest absolute Gasteiger partial charge is 0.490 e. The molecular weight excluding hydrogens is 362 g/mol. The highest BCUT2D eigenvalue weighted by Gasteiger charge is 2.34. The van der Waals surface area contributed by atoms with E-state index in [2.05, 4.69) is 18.2 Å². The predicted octanol–water partition coefficient (Wildman–Crippen LogP) is 5.19. The van der Waals surface area contributed by atoms with Crippen LogP contribution >= 0.6 is 0 Å². The molecule has 2 aromatic rings. The molecule has 0 unspecified atom stereocenters. The van der Waals surface area contributed by atoms with Crippen molar-refractivity contribution in [2.45, 2.75) is 64.4 Å². The van der Waals surface area contributed by atoms with E-state index in [0.717, 1.165) is 18.6 Å². The van der Waals surface area contributed by atoms with Crippen molar-refractivity contribution in [2.24, 2.45) is 0 Å². The molecular formula is C25H29NO3. The van der Waals surface area contributed by atoms with Crippen molar-refractivity contribution in [3.63, 3.8) is 0 Å². The molecule has 1 aliphatic carbocycles. The zero-order chi connectivity index (χ0) is 20.2. The van der Waals surface area contributed by atoms with Crippen LogP contribution in [0.25, 0.3) is 0 Å². The Morgan fingerprint density at radius 1 is 0.862 bits per heavy atom. The highest BCUT2D eigenvalue weighted by Crippen LogP contribution is 2.29. The SMILES string of the molecule is C[C@@H](CCN1C(=O)c2ccccc2C1=O)Oc1cccc2c1CCCCCCC2. The minimum atomic E-state index is -0.195. The smallest absolute Gasteiger partial charge is 0.261 e. The quantitative estimate of drug-likeness (QED) is 0.659. The van der Waals surface area contributed by atoms with Gasteiger partial charge in [0.05, 0.1) is 17.2 Å². The lowest BCUT2D eigenvalue weighted by Crippen LogP contribution is -2.33. The molecule has 29 heavy (non-hydrogen) atoms. The molecule has 0 spiro atoms. The van der Waals surface area contributed by atoms with E-state index < -0.39 is 0 Å². The minimum Gasteiger partial charge on any atom is -0.490 e. The maximum Gasteiger partial charge on any atom is 0.261 e. The lowest BCUT2D eigenvalue weighted by molar-refractivity contribution is 0.0634. The number of aryl methyl sites for hydroxylation is 1. The van der Waals surface area contributed by atoms with Crippen LogP contribution in [-0.4, -0.2) is 29.4 Å². The first-order chi connectivity index (χ1) is 14.1. The van der Waals surface area contributed by atoms with Gasteiger partial charge < -0.3 is 4.74 Å². The Kier molecular flexibility index (Phi) is 5.98. The van der Waals surface area contributed by atoms with Crippen LogP contribution in [0.5, 0.6) is 5.75 Å². The van der Waals surface area contributed by atoms with E-state index in [9.17, 15) is 9.59 Å². The molecule has 1 atom stereocenters. The Hall–Kier alpha value is -2.62. The second-order valence-corrected chi connectivity index (χ2v) is 8.19. The molecule has 4 rings (SSSR count). The molecule has 0 aromatic heterocycles. The van der Waals surface area contributed by atoms with E-state index in [-0.39, 0.29) is 17.9 Å². The van der Waals surface area contributed by atoms with Gasteiger partial charge in [-0.1, -0.05) is 43.5 Å². The third-order valence-electron chi connectivity index (χ3n) is 6.07. The molecule has 0 bridgehead atoms. The molecule has 4 nitrogen and oxygen atoms in total. The van der Waals surface area contributed by atoms with Crippen LogP contribution in [0.4, 0.5) is 0 Å². The molecule has 0 saturated carbocycles. The molecule has 0 fully saturated rings. The third kappa shape index (κ3) is 4.21. The Morgan fingerprint density at radius 3 is 2.24 bits per heavy atom. The van der Waals surface area contributed by atoms with Crippen LogP contribution in [0.3, 0.4) is 0 Å². The van der Waals surface area contributed by atoms with Gasteiger partial charge in [-0.3, -0.25) is 14.5 Å². The molecule has 1 heterocycles. The number of hydrogen-bond acceptors (Lipinski definition) is 3. The second kappa shape index (κ2) is 8.81. The van der Waals surface area contributed by atoms with Gasteiger partial charge in [0.15, 0.2) is 0 Å². The van der Waals surface area contributed by atoms with Crippen molar-refractivity contribution in [3.8, 4) is 5.75 Å². The van der Waals surface area contributed by atoms with Crippen LogP contribution in [0, 0.1) is 0 Å². The Labute approximate surface area is 172 Å². The second-order valence-electron chi connectivity index (χ2n) is 8.19. The molecule has 1 aliphatic heterocycles. The fourth-order valence-corrected chi connectivity index (χ4v) is 4.42. The lowest BCUT2D eigenvalue weighted by atomic mass is 9.98. The van der Waals surface area contributed by atoms with Crippen molar-refractivity contribution in [3.05, 3.63) is 64.7 Å². The molecule has 2 aromatic carbocycles. The number of imide groups is 1. The van der Waals surface area contributed by atoms with E-state index in [1.807, 2.05) is 6.92 Å². The van der Waals surface area contributed by atoms with Crippen molar-refractivity contribution in [1.29, 1.82) is 0 Å². The number of hydrogen-bond donors (Lipinski definition) is 0. The van der Waals surface area contributed by atoms with Gasteiger partial charge in [-0.05, 0) is 61.9 Å². The predicted molar refractivity (Wildman–Crippen MR) is 113 cm³/mol. The van der Waals surface area contributed by atoms with Gasteiger partial charge in [0, 0.05) is 13.0 Å².